The Hall–Kier alpha value is -2.36. The van der Waals surface area contributed by atoms with Crippen LogP contribution in [0.4, 0.5) is 0 Å². The van der Waals surface area contributed by atoms with E-state index in [4.69, 9.17) is 0 Å². The number of hydrogen-bond acceptors (Lipinski definition) is 3. The predicted molar refractivity (Wildman–Crippen MR) is 94.9 cm³/mol. The SMILES string of the molecule is C/C(=N\NC(=O)C1[C@@H]2CCCC[C@@H]12)c1ccc2ccccc2c1O. The molecule has 2 aliphatic carbocycles. The smallest absolute Gasteiger partial charge is 0.243 e. The van der Waals surface area contributed by atoms with Crippen molar-refractivity contribution in [2.75, 3.05) is 0 Å². The fourth-order valence-corrected chi connectivity index (χ4v) is 4.20. The van der Waals surface area contributed by atoms with Crippen LogP contribution in [-0.2, 0) is 4.79 Å². The highest BCUT2D eigenvalue weighted by Gasteiger charge is 2.54. The minimum Gasteiger partial charge on any atom is -0.507 e. The van der Waals surface area contributed by atoms with Gasteiger partial charge in [-0.25, -0.2) is 5.43 Å². The highest BCUT2D eigenvalue weighted by molar-refractivity contribution is 6.06. The third-order valence-electron chi connectivity index (χ3n) is 5.58. The van der Waals surface area contributed by atoms with Gasteiger partial charge in [-0.15, -0.1) is 0 Å². The van der Waals surface area contributed by atoms with Crippen LogP contribution in [-0.4, -0.2) is 16.7 Å². The standard InChI is InChI=1S/C20H22N2O2/c1-12(14-11-10-13-6-2-3-7-15(13)19(14)23)21-22-20(24)18-16-8-4-5-9-17(16)18/h2-3,6-7,10-11,16-18,23H,4-5,8-9H2,1H3,(H,22,24)/b21-12+/t16-,17-/m1/s1. The maximum atomic E-state index is 12.3. The molecule has 24 heavy (non-hydrogen) atoms. The summed E-state index contributed by atoms with van der Waals surface area (Å²) < 4.78 is 0. The number of aromatic hydroxyl groups is 1. The van der Waals surface area contributed by atoms with Gasteiger partial charge in [0.2, 0.25) is 5.91 Å². The number of nitrogens with one attached hydrogen (secondary N) is 1. The summed E-state index contributed by atoms with van der Waals surface area (Å²) in [6.45, 7) is 1.81. The molecule has 4 heteroatoms. The van der Waals surface area contributed by atoms with E-state index in [1.54, 1.807) is 0 Å². The molecule has 2 fully saturated rings. The zero-order valence-electron chi connectivity index (χ0n) is 13.8. The van der Waals surface area contributed by atoms with Crippen molar-refractivity contribution in [2.45, 2.75) is 32.6 Å². The Morgan fingerprint density at radius 1 is 1.12 bits per heavy atom. The maximum Gasteiger partial charge on any atom is 0.243 e. The number of amides is 1. The van der Waals surface area contributed by atoms with Crippen molar-refractivity contribution >= 4 is 22.4 Å². The van der Waals surface area contributed by atoms with Crippen LogP contribution in [0.15, 0.2) is 41.5 Å². The molecule has 0 radical (unpaired) electrons. The predicted octanol–water partition coefficient (Wildman–Crippen LogP) is 3.82. The minimum absolute atomic E-state index is 0.0338. The summed E-state index contributed by atoms with van der Waals surface area (Å²) in [6.07, 6.45) is 4.85. The van der Waals surface area contributed by atoms with E-state index >= 15 is 0 Å². The molecular formula is C20H22N2O2. The molecule has 0 aromatic heterocycles. The molecule has 2 aliphatic rings. The molecule has 2 atom stereocenters. The third-order valence-corrected chi connectivity index (χ3v) is 5.58. The van der Waals surface area contributed by atoms with E-state index in [0.29, 0.717) is 23.1 Å². The van der Waals surface area contributed by atoms with Gasteiger partial charge in [-0.3, -0.25) is 4.79 Å². The van der Waals surface area contributed by atoms with E-state index in [9.17, 15) is 9.90 Å². The number of phenols is 1. The molecule has 0 spiro atoms. The monoisotopic (exact) mass is 322 g/mol. The Labute approximate surface area is 141 Å². The summed E-state index contributed by atoms with van der Waals surface area (Å²) in [5, 5.41) is 16.5. The van der Waals surface area contributed by atoms with Crippen molar-refractivity contribution in [2.24, 2.45) is 22.9 Å². The average molecular weight is 322 g/mol. The first kappa shape index (κ1) is 15.2. The second kappa shape index (κ2) is 5.93. The van der Waals surface area contributed by atoms with E-state index in [1.807, 2.05) is 43.3 Å². The average Bonchev–Trinajstić information content (AvgIpc) is 3.34. The summed E-state index contributed by atoms with van der Waals surface area (Å²) in [4.78, 5) is 12.3. The van der Waals surface area contributed by atoms with Crippen molar-refractivity contribution in [3.63, 3.8) is 0 Å². The van der Waals surface area contributed by atoms with Crippen molar-refractivity contribution in [3.8, 4) is 5.75 Å². The molecule has 1 amide bonds. The van der Waals surface area contributed by atoms with Gasteiger partial charge in [0.1, 0.15) is 5.75 Å². The van der Waals surface area contributed by atoms with Crippen LogP contribution in [0.25, 0.3) is 10.8 Å². The molecule has 0 aliphatic heterocycles. The van der Waals surface area contributed by atoms with E-state index in [-0.39, 0.29) is 17.6 Å². The fourth-order valence-electron chi connectivity index (χ4n) is 4.20. The zero-order valence-corrected chi connectivity index (χ0v) is 13.8. The van der Waals surface area contributed by atoms with Crippen LogP contribution >= 0.6 is 0 Å². The topological polar surface area (TPSA) is 61.7 Å². The van der Waals surface area contributed by atoms with Crippen LogP contribution in [0.1, 0.15) is 38.2 Å². The number of fused-ring (bicyclic) bond motifs is 2. The van der Waals surface area contributed by atoms with E-state index in [2.05, 4.69) is 10.5 Å². The Morgan fingerprint density at radius 3 is 2.58 bits per heavy atom. The number of phenolic OH excluding ortho intramolecular Hbond substituents is 1. The Morgan fingerprint density at radius 2 is 1.83 bits per heavy atom. The second-order valence-corrected chi connectivity index (χ2v) is 6.99. The lowest BCUT2D eigenvalue weighted by Crippen LogP contribution is -2.22. The number of benzene rings is 2. The van der Waals surface area contributed by atoms with Crippen LogP contribution < -0.4 is 5.43 Å². The molecule has 0 bridgehead atoms. The summed E-state index contributed by atoms with van der Waals surface area (Å²) in [7, 11) is 0. The number of hydrogen-bond donors (Lipinski definition) is 2. The highest BCUT2D eigenvalue weighted by Crippen LogP contribution is 2.55. The van der Waals surface area contributed by atoms with Gasteiger partial charge in [0.25, 0.3) is 0 Å². The molecule has 124 valence electrons. The molecule has 0 unspecified atom stereocenters. The molecule has 2 aromatic rings. The van der Waals surface area contributed by atoms with Gasteiger partial charge in [0, 0.05) is 16.9 Å². The lowest BCUT2D eigenvalue weighted by atomic mass is 10.0. The lowest BCUT2D eigenvalue weighted by Gasteiger charge is -2.08. The van der Waals surface area contributed by atoms with Crippen molar-refractivity contribution in [3.05, 3.63) is 42.0 Å². The van der Waals surface area contributed by atoms with Gasteiger partial charge in [0.15, 0.2) is 0 Å². The van der Waals surface area contributed by atoms with Crippen molar-refractivity contribution < 1.29 is 9.90 Å². The molecule has 2 saturated carbocycles. The number of nitrogens with zero attached hydrogens (tertiary/aromatic N) is 1. The van der Waals surface area contributed by atoms with Crippen LogP contribution in [0.3, 0.4) is 0 Å². The molecule has 0 saturated heterocycles. The molecule has 0 heterocycles. The quantitative estimate of drug-likeness (QED) is 0.666. The number of carbonyl (C=O) groups is 1. The first-order valence-electron chi connectivity index (χ1n) is 8.72. The van der Waals surface area contributed by atoms with Gasteiger partial charge in [-0.05, 0) is 43.1 Å². The highest BCUT2D eigenvalue weighted by atomic mass is 16.3. The van der Waals surface area contributed by atoms with Crippen LogP contribution in [0.5, 0.6) is 5.75 Å². The van der Waals surface area contributed by atoms with Gasteiger partial charge in [0.05, 0.1) is 5.71 Å². The zero-order chi connectivity index (χ0) is 16.7. The molecule has 4 nitrogen and oxygen atoms in total. The summed E-state index contributed by atoms with van der Waals surface area (Å²) in [6, 6.07) is 11.5. The molecular weight excluding hydrogens is 300 g/mol. The van der Waals surface area contributed by atoms with E-state index < -0.39 is 0 Å². The largest absolute Gasteiger partial charge is 0.507 e. The van der Waals surface area contributed by atoms with Gasteiger partial charge in [-0.1, -0.05) is 43.2 Å². The maximum absolute atomic E-state index is 12.3. The Balaban J connectivity index is 1.51. The van der Waals surface area contributed by atoms with Crippen molar-refractivity contribution in [1.82, 2.24) is 5.43 Å². The van der Waals surface area contributed by atoms with Crippen LogP contribution in [0, 0.1) is 17.8 Å². The van der Waals surface area contributed by atoms with Crippen LogP contribution in [0.2, 0.25) is 0 Å². The Kier molecular flexibility index (Phi) is 3.75. The normalized spacial score (nSPS) is 26.0. The second-order valence-electron chi connectivity index (χ2n) is 6.99. The van der Waals surface area contributed by atoms with E-state index in [1.165, 1.54) is 25.7 Å². The van der Waals surface area contributed by atoms with Gasteiger partial charge >= 0.3 is 0 Å². The Bertz CT molecular complexity index is 815. The van der Waals surface area contributed by atoms with E-state index in [0.717, 1.165) is 10.8 Å². The van der Waals surface area contributed by atoms with Gasteiger partial charge < -0.3 is 5.11 Å². The number of carbonyl (C=O) groups excluding carboxylic acids is 1. The molecule has 4 rings (SSSR count). The third kappa shape index (κ3) is 2.56. The minimum atomic E-state index is 0.0338. The lowest BCUT2D eigenvalue weighted by molar-refractivity contribution is -0.122. The fraction of sp³-hybridized carbons (Fsp3) is 0.400. The van der Waals surface area contributed by atoms with Gasteiger partial charge in [-0.2, -0.15) is 5.10 Å². The first-order valence-corrected chi connectivity index (χ1v) is 8.72. The summed E-state index contributed by atoms with van der Waals surface area (Å²) in [5.74, 6) is 1.54. The molecule has 2 N–H and O–H groups in total. The summed E-state index contributed by atoms with van der Waals surface area (Å²) in [5.41, 5.74) is 3.99. The number of rotatable bonds is 3. The molecule has 2 aromatic carbocycles. The first-order chi connectivity index (χ1) is 11.7. The number of hydrazone groups is 1. The van der Waals surface area contributed by atoms with Crippen molar-refractivity contribution in [1.29, 1.82) is 0 Å². The summed E-state index contributed by atoms with van der Waals surface area (Å²) >= 11 is 0.